The fraction of sp³-hybridized carbons (Fsp3) is 0.333. The molecule has 1 atom stereocenters. The molecule has 0 radical (unpaired) electrons. The minimum absolute atomic E-state index is 0.120. The van der Waals surface area contributed by atoms with Crippen LogP contribution in [0.2, 0.25) is 0 Å². The standard InChI is InChI=1S/C21H22N4O4S/c1-6-29-20(27)15-17-18(30-21(15,5)28)13(4)25-19(26)16(12(3)24(17)25)23-22-14-9-7-11(2)8-10-14/h7-10,28H,6H2,1-5H3. The van der Waals surface area contributed by atoms with Crippen LogP contribution in [0, 0.1) is 13.8 Å². The quantitative estimate of drug-likeness (QED) is 0.586. The SMILES string of the molecule is CCOC(=O)C1=C2C(=C(C)n3c(=O)c(N=Nc4ccc(C)cc4)c(C)n32)SC1(C)O. The molecule has 3 heterocycles. The van der Waals surface area contributed by atoms with Gasteiger partial charge in [0.25, 0.3) is 5.56 Å². The minimum atomic E-state index is -1.46. The second-order valence-electron chi connectivity index (χ2n) is 7.34. The number of esters is 1. The van der Waals surface area contributed by atoms with Gasteiger partial charge in [-0.25, -0.2) is 14.2 Å². The topological polar surface area (TPSA) is 98.2 Å². The molecule has 2 aromatic rings. The van der Waals surface area contributed by atoms with E-state index in [-0.39, 0.29) is 23.4 Å². The van der Waals surface area contributed by atoms with Crippen molar-refractivity contribution in [1.29, 1.82) is 0 Å². The molecule has 2 aliphatic rings. The number of hydrogen-bond donors (Lipinski definition) is 1. The highest BCUT2D eigenvalue weighted by Crippen LogP contribution is 2.55. The van der Waals surface area contributed by atoms with Gasteiger partial charge in [0, 0.05) is 0 Å². The number of carbonyl (C=O) groups excluding carboxylic acids is 1. The third-order valence-electron chi connectivity index (χ3n) is 5.11. The summed E-state index contributed by atoms with van der Waals surface area (Å²) < 4.78 is 8.26. The van der Waals surface area contributed by atoms with Crippen molar-refractivity contribution in [2.24, 2.45) is 10.2 Å². The molecule has 0 saturated carbocycles. The van der Waals surface area contributed by atoms with Crippen LogP contribution in [0.15, 0.2) is 49.8 Å². The molecular weight excluding hydrogens is 404 g/mol. The molecule has 1 aromatic heterocycles. The van der Waals surface area contributed by atoms with Crippen LogP contribution < -0.4 is 5.56 Å². The molecule has 4 rings (SSSR count). The number of allylic oxidation sites excluding steroid dienone is 2. The Morgan fingerprint density at radius 3 is 2.47 bits per heavy atom. The van der Waals surface area contributed by atoms with E-state index in [0.717, 1.165) is 17.3 Å². The van der Waals surface area contributed by atoms with Crippen molar-refractivity contribution in [3.63, 3.8) is 0 Å². The smallest absolute Gasteiger partial charge is 0.340 e. The van der Waals surface area contributed by atoms with Gasteiger partial charge in [-0.1, -0.05) is 29.5 Å². The lowest BCUT2D eigenvalue weighted by Gasteiger charge is -2.19. The molecule has 0 fully saturated rings. The van der Waals surface area contributed by atoms with Gasteiger partial charge in [0.15, 0.2) is 5.69 Å². The van der Waals surface area contributed by atoms with Crippen molar-refractivity contribution >= 4 is 40.5 Å². The summed E-state index contributed by atoms with van der Waals surface area (Å²) >= 11 is 1.13. The lowest BCUT2D eigenvalue weighted by molar-refractivity contribution is -0.139. The summed E-state index contributed by atoms with van der Waals surface area (Å²) in [6, 6.07) is 7.48. The molecule has 8 nitrogen and oxygen atoms in total. The zero-order valence-corrected chi connectivity index (χ0v) is 18.2. The summed E-state index contributed by atoms with van der Waals surface area (Å²) in [5, 5.41) is 19.3. The molecule has 1 aromatic carbocycles. The number of benzene rings is 1. The summed E-state index contributed by atoms with van der Waals surface area (Å²) in [7, 11) is 0. The van der Waals surface area contributed by atoms with Gasteiger partial charge in [0.05, 0.1) is 34.3 Å². The van der Waals surface area contributed by atoms with E-state index < -0.39 is 10.9 Å². The highest BCUT2D eigenvalue weighted by atomic mass is 32.2. The van der Waals surface area contributed by atoms with Gasteiger partial charge in [-0.2, -0.15) is 5.11 Å². The van der Waals surface area contributed by atoms with Crippen LogP contribution in [-0.2, 0) is 9.53 Å². The van der Waals surface area contributed by atoms with Crippen molar-refractivity contribution in [1.82, 2.24) is 9.36 Å². The third kappa shape index (κ3) is 2.96. The first-order valence-corrected chi connectivity index (χ1v) is 10.4. The Morgan fingerprint density at radius 2 is 1.83 bits per heavy atom. The zero-order chi connectivity index (χ0) is 21.8. The Morgan fingerprint density at radius 1 is 1.17 bits per heavy atom. The van der Waals surface area contributed by atoms with E-state index in [1.807, 2.05) is 31.2 Å². The van der Waals surface area contributed by atoms with E-state index in [2.05, 4.69) is 10.2 Å². The molecule has 2 aliphatic heterocycles. The van der Waals surface area contributed by atoms with E-state index in [1.165, 1.54) is 4.68 Å². The molecule has 0 spiro atoms. The number of fused-ring (bicyclic) bond motifs is 3. The Balaban J connectivity index is 1.89. The molecule has 1 unspecified atom stereocenters. The van der Waals surface area contributed by atoms with Crippen LogP contribution in [0.3, 0.4) is 0 Å². The summed E-state index contributed by atoms with van der Waals surface area (Å²) in [6.45, 7) is 8.93. The average molecular weight is 426 g/mol. The van der Waals surface area contributed by atoms with Crippen molar-refractivity contribution in [3.8, 4) is 0 Å². The molecule has 0 bridgehead atoms. The normalized spacial score (nSPS) is 20.3. The molecule has 0 amide bonds. The Bertz CT molecular complexity index is 1210. The molecule has 30 heavy (non-hydrogen) atoms. The molecule has 156 valence electrons. The fourth-order valence-electron chi connectivity index (χ4n) is 3.66. The van der Waals surface area contributed by atoms with Gasteiger partial charge in [-0.05, 0) is 46.8 Å². The summed E-state index contributed by atoms with van der Waals surface area (Å²) in [6.07, 6.45) is 0. The number of azo groups is 1. The number of thioether (sulfide) groups is 1. The van der Waals surface area contributed by atoms with E-state index in [4.69, 9.17) is 4.74 Å². The van der Waals surface area contributed by atoms with Crippen LogP contribution >= 0.6 is 11.8 Å². The minimum Gasteiger partial charge on any atom is -0.462 e. The molecule has 1 N–H and O–H groups in total. The van der Waals surface area contributed by atoms with Gasteiger partial charge >= 0.3 is 5.97 Å². The lowest BCUT2D eigenvalue weighted by Crippen LogP contribution is -2.28. The number of rotatable bonds is 4. The van der Waals surface area contributed by atoms with Crippen molar-refractivity contribution in [2.45, 2.75) is 39.6 Å². The summed E-state index contributed by atoms with van der Waals surface area (Å²) in [5.41, 5.74) is 3.32. The lowest BCUT2D eigenvalue weighted by atomic mass is 10.1. The van der Waals surface area contributed by atoms with Gasteiger partial charge in [-0.15, -0.1) is 5.11 Å². The maximum absolute atomic E-state index is 13.1. The predicted molar refractivity (Wildman–Crippen MR) is 116 cm³/mol. The number of aryl methyl sites for hydroxylation is 1. The van der Waals surface area contributed by atoms with Crippen molar-refractivity contribution < 1.29 is 14.6 Å². The number of hydrogen-bond acceptors (Lipinski definition) is 7. The summed E-state index contributed by atoms with van der Waals surface area (Å²) in [4.78, 5) is 25.0. The second-order valence-corrected chi connectivity index (χ2v) is 8.75. The predicted octanol–water partition coefficient (Wildman–Crippen LogP) is 4.11. The molecule has 9 heteroatoms. The highest BCUT2D eigenvalue weighted by Gasteiger charge is 2.49. The average Bonchev–Trinajstić information content (AvgIpc) is 3.21. The van der Waals surface area contributed by atoms with Gasteiger partial charge < -0.3 is 9.84 Å². The van der Waals surface area contributed by atoms with Crippen LogP contribution in [0.25, 0.3) is 11.4 Å². The Kier molecular flexibility index (Phi) is 4.82. The maximum atomic E-state index is 13.1. The largest absolute Gasteiger partial charge is 0.462 e. The van der Waals surface area contributed by atoms with E-state index in [9.17, 15) is 14.7 Å². The van der Waals surface area contributed by atoms with E-state index in [0.29, 0.717) is 27.7 Å². The molecule has 0 saturated heterocycles. The Hall–Kier alpha value is -2.91. The van der Waals surface area contributed by atoms with Gasteiger partial charge in [-0.3, -0.25) is 4.79 Å². The third-order valence-corrected chi connectivity index (χ3v) is 6.40. The number of carbonyl (C=O) groups is 1. The number of aromatic nitrogens is 2. The molecular formula is C21H22N4O4S. The monoisotopic (exact) mass is 426 g/mol. The number of ether oxygens (including phenoxy) is 1. The van der Waals surface area contributed by atoms with Crippen LogP contribution in [0.1, 0.15) is 32.0 Å². The highest BCUT2D eigenvalue weighted by molar-refractivity contribution is 8.05. The summed E-state index contributed by atoms with van der Waals surface area (Å²) in [5.74, 6) is -0.607. The van der Waals surface area contributed by atoms with Crippen LogP contribution in [0.4, 0.5) is 11.4 Å². The van der Waals surface area contributed by atoms with Crippen molar-refractivity contribution in [2.75, 3.05) is 6.61 Å². The number of nitrogens with zero attached hydrogens (tertiary/aromatic N) is 4. The van der Waals surface area contributed by atoms with Crippen molar-refractivity contribution in [3.05, 3.63) is 56.4 Å². The van der Waals surface area contributed by atoms with Gasteiger partial charge in [0.2, 0.25) is 0 Å². The number of aliphatic hydroxyl groups is 1. The second kappa shape index (κ2) is 7.10. The maximum Gasteiger partial charge on any atom is 0.340 e. The first-order valence-electron chi connectivity index (χ1n) is 9.55. The fourth-order valence-corrected chi connectivity index (χ4v) is 4.86. The van der Waals surface area contributed by atoms with Crippen LogP contribution in [-0.4, -0.2) is 32.0 Å². The zero-order valence-electron chi connectivity index (χ0n) is 17.4. The van der Waals surface area contributed by atoms with Crippen LogP contribution in [0.5, 0.6) is 0 Å². The van der Waals surface area contributed by atoms with E-state index >= 15 is 0 Å². The first-order chi connectivity index (χ1) is 14.2. The molecule has 0 aliphatic carbocycles. The first kappa shape index (κ1) is 20.4. The van der Waals surface area contributed by atoms with Gasteiger partial charge in [0.1, 0.15) is 10.5 Å². The van der Waals surface area contributed by atoms with E-state index in [1.54, 1.807) is 32.4 Å². The Labute approximate surface area is 177 Å².